The molecule has 22 heavy (non-hydrogen) atoms. The second kappa shape index (κ2) is 6.81. The zero-order valence-electron chi connectivity index (χ0n) is 12.4. The van der Waals surface area contributed by atoms with Crippen LogP contribution in [0.25, 0.3) is 6.08 Å². The molecule has 0 bridgehead atoms. The minimum absolute atomic E-state index is 0.0778. The van der Waals surface area contributed by atoms with Crippen LogP contribution in [0.5, 0.6) is 0 Å². The second-order valence-electron chi connectivity index (χ2n) is 5.34. The van der Waals surface area contributed by atoms with Gasteiger partial charge >= 0.3 is 11.9 Å². The Kier molecular flexibility index (Phi) is 5.06. The molecule has 0 aromatic heterocycles. The standard InChI is InChI=1S/C17H18F2O3/c1-22-16(21)13-9-7-12(8-10-13)11-14-5-3-2-4-6-15(20)17(14,18)19/h7-11H,2-6H2,1H3. The van der Waals surface area contributed by atoms with Crippen molar-refractivity contribution in [2.24, 2.45) is 0 Å². The number of esters is 1. The van der Waals surface area contributed by atoms with Gasteiger partial charge in [0.2, 0.25) is 5.78 Å². The molecular weight excluding hydrogens is 290 g/mol. The largest absolute Gasteiger partial charge is 0.465 e. The van der Waals surface area contributed by atoms with Gasteiger partial charge in [0.15, 0.2) is 0 Å². The SMILES string of the molecule is COC(=O)c1ccc(C=C2CCCCCC(=O)C2(F)F)cc1. The van der Waals surface area contributed by atoms with Gasteiger partial charge in [0.05, 0.1) is 12.7 Å². The predicted octanol–water partition coefficient (Wildman–Crippen LogP) is 4.03. The van der Waals surface area contributed by atoms with E-state index in [0.29, 0.717) is 24.0 Å². The van der Waals surface area contributed by atoms with Gasteiger partial charge in [0.1, 0.15) is 0 Å². The van der Waals surface area contributed by atoms with Crippen LogP contribution in [0.1, 0.15) is 48.0 Å². The lowest BCUT2D eigenvalue weighted by Gasteiger charge is -2.21. The fourth-order valence-corrected chi connectivity index (χ4v) is 2.47. The number of hydrogen-bond acceptors (Lipinski definition) is 3. The third-order valence-corrected chi connectivity index (χ3v) is 3.78. The summed E-state index contributed by atoms with van der Waals surface area (Å²) in [6.07, 6.45) is 3.43. The fraction of sp³-hybridized carbons (Fsp3) is 0.412. The molecule has 0 amide bonds. The first kappa shape index (κ1) is 16.3. The van der Waals surface area contributed by atoms with Crippen LogP contribution < -0.4 is 0 Å². The molecule has 0 saturated heterocycles. The van der Waals surface area contributed by atoms with Crippen LogP contribution in [-0.4, -0.2) is 24.8 Å². The summed E-state index contributed by atoms with van der Waals surface area (Å²) in [4.78, 5) is 23.0. The molecule has 1 fully saturated rings. The van der Waals surface area contributed by atoms with E-state index in [9.17, 15) is 18.4 Å². The van der Waals surface area contributed by atoms with Gasteiger partial charge in [-0.1, -0.05) is 18.6 Å². The zero-order valence-corrected chi connectivity index (χ0v) is 12.4. The molecule has 0 aliphatic heterocycles. The van der Waals surface area contributed by atoms with E-state index >= 15 is 0 Å². The molecule has 2 rings (SSSR count). The summed E-state index contributed by atoms with van der Waals surface area (Å²) >= 11 is 0. The van der Waals surface area contributed by atoms with Crippen LogP contribution in [0.4, 0.5) is 8.78 Å². The normalized spacial score (nSPS) is 20.3. The zero-order chi connectivity index (χ0) is 16.2. The molecule has 0 unspecified atom stereocenters. The number of carbonyl (C=O) groups is 2. The molecule has 118 valence electrons. The van der Waals surface area contributed by atoms with Gasteiger partial charge < -0.3 is 4.74 Å². The highest BCUT2D eigenvalue weighted by Gasteiger charge is 2.42. The molecule has 0 atom stereocenters. The van der Waals surface area contributed by atoms with Crippen molar-refractivity contribution in [1.29, 1.82) is 0 Å². The number of halogens is 2. The maximum Gasteiger partial charge on any atom is 0.337 e. The summed E-state index contributed by atoms with van der Waals surface area (Å²) < 4.78 is 32.9. The number of methoxy groups -OCH3 is 1. The molecule has 1 aromatic carbocycles. The highest BCUT2D eigenvalue weighted by atomic mass is 19.3. The molecule has 1 aliphatic carbocycles. The molecule has 0 radical (unpaired) electrons. The Morgan fingerprint density at radius 1 is 1.14 bits per heavy atom. The summed E-state index contributed by atoms with van der Waals surface area (Å²) in [5, 5.41) is 0. The van der Waals surface area contributed by atoms with Crippen LogP contribution in [0.15, 0.2) is 29.8 Å². The first-order valence-electron chi connectivity index (χ1n) is 7.25. The maximum absolute atomic E-state index is 14.2. The third kappa shape index (κ3) is 3.59. The average molecular weight is 308 g/mol. The Bertz CT molecular complexity index is 588. The highest BCUT2D eigenvalue weighted by molar-refractivity contribution is 5.91. The van der Waals surface area contributed by atoms with E-state index in [2.05, 4.69) is 4.74 Å². The lowest BCUT2D eigenvalue weighted by atomic mass is 9.90. The number of carbonyl (C=O) groups excluding carboxylic acids is 2. The summed E-state index contributed by atoms with van der Waals surface area (Å²) in [5.41, 5.74) is 0.740. The number of hydrogen-bond donors (Lipinski definition) is 0. The predicted molar refractivity (Wildman–Crippen MR) is 78.8 cm³/mol. The maximum atomic E-state index is 14.2. The molecule has 0 spiro atoms. The third-order valence-electron chi connectivity index (χ3n) is 3.78. The van der Waals surface area contributed by atoms with Crippen molar-refractivity contribution in [2.75, 3.05) is 7.11 Å². The van der Waals surface area contributed by atoms with E-state index < -0.39 is 17.7 Å². The van der Waals surface area contributed by atoms with Crippen molar-refractivity contribution in [1.82, 2.24) is 0 Å². The minimum Gasteiger partial charge on any atom is -0.465 e. The fourth-order valence-electron chi connectivity index (χ4n) is 2.47. The van der Waals surface area contributed by atoms with Gasteiger partial charge in [0, 0.05) is 12.0 Å². The van der Waals surface area contributed by atoms with E-state index in [1.807, 2.05) is 0 Å². The Labute approximate surface area is 128 Å². The Morgan fingerprint density at radius 3 is 2.41 bits per heavy atom. The highest BCUT2D eigenvalue weighted by Crippen LogP contribution is 2.34. The van der Waals surface area contributed by atoms with E-state index in [0.717, 1.165) is 6.42 Å². The number of benzene rings is 1. The number of Topliss-reactive ketones (excluding diaryl/α,β-unsaturated/α-hetero) is 1. The lowest BCUT2D eigenvalue weighted by Crippen LogP contribution is -2.32. The van der Waals surface area contributed by atoms with Gasteiger partial charge in [-0.25, -0.2) is 4.79 Å². The monoisotopic (exact) mass is 308 g/mol. The van der Waals surface area contributed by atoms with Gasteiger partial charge in [-0.2, -0.15) is 8.78 Å². The summed E-state index contributed by atoms with van der Waals surface area (Å²) in [6.45, 7) is 0. The topological polar surface area (TPSA) is 43.4 Å². The molecule has 5 heteroatoms. The van der Waals surface area contributed by atoms with Crippen molar-refractivity contribution < 1.29 is 23.1 Å². The van der Waals surface area contributed by atoms with Crippen LogP contribution >= 0.6 is 0 Å². The molecule has 0 heterocycles. The van der Waals surface area contributed by atoms with Crippen LogP contribution in [0.2, 0.25) is 0 Å². The number of rotatable bonds is 2. The molecule has 1 saturated carbocycles. The molecule has 1 aromatic rings. The lowest BCUT2D eigenvalue weighted by molar-refractivity contribution is -0.138. The van der Waals surface area contributed by atoms with Gasteiger partial charge in [0.25, 0.3) is 0 Å². The number of allylic oxidation sites excluding steroid dienone is 1. The second-order valence-corrected chi connectivity index (χ2v) is 5.34. The Balaban J connectivity index is 2.28. The van der Waals surface area contributed by atoms with E-state index in [4.69, 9.17) is 0 Å². The van der Waals surface area contributed by atoms with Gasteiger partial charge in [-0.15, -0.1) is 0 Å². The minimum atomic E-state index is -3.40. The molecule has 3 nitrogen and oxygen atoms in total. The number of ketones is 1. The molecule has 1 aliphatic rings. The quantitative estimate of drug-likeness (QED) is 0.775. The van der Waals surface area contributed by atoms with E-state index in [1.165, 1.54) is 25.3 Å². The van der Waals surface area contributed by atoms with Crippen molar-refractivity contribution in [3.05, 3.63) is 41.0 Å². The Morgan fingerprint density at radius 2 is 1.77 bits per heavy atom. The number of alkyl halides is 2. The molecule has 0 N–H and O–H groups in total. The van der Waals surface area contributed by atoms with Crippen molar-refractivity contribution in [2.45, 2.75) is 38.0 Å². The van der Waals surface area contributed by atoms with Crippen molar-refractivity contribution in [3.8, 4) is 0 Å². The first-order valence-corrected chi connectivity index (χ1v) is 7.25. The summed E-state index contributed by atoms with van der Waals surface area (Å²) in [6, 6.07) is 6.17. The van der Waals surface area contributed by atoms with Crippen molar-refractivity contribution in [3.63, 3.8) is 0 Å². The average Bonchev–Trinajstić information content (AvgIpc) is 2.52. The molecular formula is C17H18F2O3. The van der Waals surface area contributed by atoms with Crippen LogP contribution in [0, 0.1) is 0 Å². The smallest absolute Gasteiger partial charge is 0.337 e. The van der Waals surface area contributed by atoms with Gasteiger partial charge in [-0.05, 0) is 43.0 Å². The number of ether oxygens (including phenoxy) is 1. The van der Waals surface area contributed by atoms with Gasteiger partial charge in [-0.3, -0.25) is 4.79 Å². The summed E-state index contributed by atoms with van der Waals surface area (Å²) in [5.74, 6) is -4.89. The van der Waals surface area contributed by atoms with Crippen LogP contribution in [0.3, 0.4) is 0 Å². The summed E-state index contributed by atoms with van der Waals surface area (Å²) in [7, 11) is 1.28. The van der Waals surface area contributed by atoms with Crippen LogP contribution in [-0.2, 0) is 9.53 Å². The van der Waals surface area contributed by atoms with E-state index in [-0.39, 0.29) is 18.4 Å². The van der Waals surface area contributed by atoms with E-state index in [1.54, 1.807) is 12.1 Å². The Hall–Kier alpha value is -2.04. The first-order chi connectivity index (χ1) is 10.4. The van der Waals surface area contributed by atoms with Crippen molar-refractivity contribution >= 4 is 17.8 Å².